The number of benzene rings is 1. The van der Waals surface area contributed by atoms with E-state index in [1.54, 1.807) is 24.7 Å². The molecule has 1 aliphatic rings. The maximum absolute atomic E-state index is 13.0. The van der Waals surface area contributed by atoms with Gasteiger partial charge in [-0.25, -0.2) is 14.6 Å². The molecule has 3 heterocycles. The number of hydrogen-bond acceptors (Lipinski definition) is 5. The number of hydrogen-bond donors (Lipinski definition) is 0. The first-order valence-electron chi connectivity index (χ1n) is 8.45. The van der Waals surface area contributed by atoms with Crippen molar-refractivity contribution in [2.45, 2.75) is 12.5 Å². The van der Waals surface area contributed by atoms with Gasteiger partial charge in [-0.3, -0.25) is 4.79 Å². The summed E-state index contributed by atoms with van der Waals surface area (Å²) in [5, 5.41) is 4.06. The van der Waals surface area contributed by atoms with Crippen LogP contribution in [0.2, 0.25) is 0 Å². The number of nitrogens with zero attached hydrogens (tertiary/aromatic N) is 5. The molecule has 26 heavy (non-hydrogen) atoms. The minimum atomic E-state index is -0.517. The van der Waals surface area contributed by atoms with Crippen LogP contribution in [0.3, 0.4) is 0 Å². The van der Waals surface area contributed by atoms with Crippen LogP contribution in [0, 0.1) is 0 Å². The Hall–Kier alpha value is -3.06. The maximum atomic E-state index is 13.0. The van der Waals surface area contributed by atoms with E-state index in [4.69, 9.17) is 4.74 Å². The molecule has 1 atom stereocenters. The summed E-state index contributed by atoms with van der Waals surface area (Å²) in [5.74, 6) is 0.520. The second-order valence-corrected chi connectivity index (χ2v) is 6.41. The van der Waals surface area contributed by atoms with Crippen LogP contribution in [-0.2, 0) is 10.3 Å². The molecule has 1 aromatic carbocycles. The Balaban J connectivity index is 1.58. The summed E-state index contributed by atoms with van der Waals surface area (Å²) in [6, 6.07) is 13.5. The fraction of sp³-hybridized carbons (Fsp3) is 0.263. The monoisotopic (exact) mass is 349 g/mol. The van der Waals surface area contributed by atoms with E-state index in [2.05, 4.69) is 15.1 Å². The molecule has 132 valence electrons. The van der Waals surface area contributed by atoms with Crippen molar-refractivity contribution in [3.05, 3.63) is 72.4 Å². The molecule has 1 fully saturated rings. The van der Waals surface area contributed by atoms with Crippen molar-refractivity contribution < 1.29 is 9.53 Å². The van der Waals surface area contributed by atoms with Crippen LogP contribution < -0.4 is 0 Å². The van der Waals surface area contributed by atoms with Crippen LogP contribution in [0.15, 0.2) is 61.3 Å². The van der Waals surface area contributed by atoms with Crippen molar-refractivity contribution >= 4 is 5.91 Å². The van der Waals surface area contributed by atoms with Gasteiger partial charge < -0.3 is 9.64 Å². The van der Waals surface area contributed by atoms with Gasteiger partial charge in [0.1, 0.15) is 18.3 Å². The minimum Gasteiger partial charge on any atom is -0.367 e. The number of carbonyl (C=O) groups excluding carboxylic acids is 1. The summed E-state index contributed by atoms with van der Waals surface area (Å²) in [6.45, 7) is 3.58. The summed E-state index contributed by atoms with van der Waals surface area (Å²) >= 11 is 0. The standard InChI is InChI=1S/C19H19N5O2/c1-19(16-5-3-2-4-6-16)12-23(9-10-26-19)18(25)15-7-8-21-17(11-15)24-14-20-13-22-24/h2-8,11,13-14H,9-10,12H2,1H3/t19-/m0/s1. The molecule has 2 aromatic heterocycles. The fourth-order valence-corrected chi connectivity index (χ4v) is 3.19. The molecule has 0 radical (unpaired) electrons. The lowest BCUT2D eigenvalue weighted by Gasteiger charge is -2.41. The number of pyridine rings is 1. The van der Waals surface area contributed by atoms with Gasteiger partial charge in [-0.05, 0) is 24.6 Å². The van der Waals surface area contributed by atoms with E-state index in [0.29, 0.717) is 31.1 Å². The first-order valence-corrected chi connectivity index (χ1v) is 8.45. The molecule has 1 aliphatic heterocycles. The van der Waals surface area contributed by atoms with Crippen molar-refractivity contribution in [3.8, 4) is 5.82 Å². The highest BCUT2D eigenvalue weighted by Crippen LogP contribution is 2.30. The van der Waals surface area contributed by atoms with Gasteiger partial charge in [-0.2, -0.15) is 5.10 Å². The molecule has 0 unspecified atom stereocenters. The van der Waals surface area contributed by atoms with Crippen molar-refractivity contribution in [2.75, 3.05) is 19.7 Å². The van der Waals surface area contributed by atoms with E-state index < -0.39 is 5.60 Å². The summed E-state index contributed by atoms with van der Waals surface area (Å²) in [5.41, 5.74) is 1.12. The van der Waals surface area contributed by atoms with Crippen molar-refractivity contribution in [1.29, 1.82) is 0 Å². The molecular weight excluding hydrogens is 330 g/mol. The predicted molar refractivity (Wildman–Crippen MR) is 94.8 cm³/mol. The Kier molecular flexibility index (Phi) is 4.22. The third-order valence-corrected chi connectivity index (χ3v) is 4.59. The molecule has 0 aliphatic carbocycles. The zero-order valence-electron chi connectivity index (χ0n) is 14.4. The molecule has 1 saturated heterocycles. The van der Waals surface area contributed by atoms with Gasteiger partial charge in [-0.15, -0.1) is 0 Å². The first kappa shape index (κ1) is 16.4. The molecule has 0 saturated carbocycles. The van der Waals surface area contributed by atoms with Gasteiger partial charge in [0, 0.05) is 18.3 Å². The minimum absolute atomic E-state index is 0.0424. The number of rotatable bonds is 3. The fourth-order valence-electron chi connectivity index (χ4n) is 3.19. The Morgan fingerprint density at radius 2 is 2.08 bits per heavy atom. The van der Waals surface area contributed by atoms with Crippen LogP contribution in [0.5, 0.6) is 0 Å². The Morgan fingerprint density at radius 1 is 1.23 bits per heavy atom. The van der Waals surface area contributed by atoms with Crippen molar-refractivity contribution in [1.82, 2.24) is 24.6 Å². The van der Waals surface area contributed by atoms with Gasteiger partial charge in [0.25, 0.3) is 5.91 Å². The van der Waals surface area contributed by atoms with E-state index in [1.807, 2.05) is 42.2 Å². The Labute approximate surface area is 151 Å². The molecule has 0 spiro atoms. The second kappa shape index (κ2) is 6.68. The Morgan fingerprint density at radius 3 is 2.85 bits per heavy atom. The van der Waals surface area contributed by atoms with Crippen molar-refractivity contribution in [2.24, 2.45) is 0 Å². The van der Waals surface area contributed by atoms with E-state index in [9.17, 15) is 4.79 Å². The molecule has 7 heteroatoms. The summed E-state index contributed by atoms with van der Waals surface area (Å²) in [6.07, 6.45) is 4.60. The van der Waals surface area contributed by atoms with E-state index in [-0.39, 0.29) is 5.91 Å². The van der Waals surface area contributed by atoms with Gasteiger partial charge in [-0.1, -0.05) is 30.3 Å². The highest BCUT2D eigenvalue weighted by Gasteiger charge is 2.36. The zero-order valence-corrected chi connectivity index (χ0v) is 14.4. The molecule has 4 rings (SSSR count). The average Bonchev–Trinajstić information content (AvgIpc) is 3.23. The number of amides is 1. The van der Waals surface area contributed by atoms with Gasteiger partial charge >= 0.3 is 0 Å². The third-order valence-electron chi connectivity index (χ3n) is 4.59. The lowest BCUT2D eigenvalue weighted by atomic mass is 9.93. The summed E-state index contributed by atoms with van der Waals surface area (Å²) in [7, 11) is 0. The largest absolute Gasteiger partial charge is 0.367 e. The van der Waals surface area contributed by atoms with Gasteiger partial charge in [0.15, 0.2) is 5.82 Å². The highest BCUT2D eigenvalue weighted by atomic mass is 16.5. The normalized spacial score (nSPS) is 20.1. The number of aromatic nitrogens is 4. The SMILES string of the molecule is C[C@@]1(c2ccccc2)CN(C(=O)c2ccnc(-n3cncn3)c2)CCO1. The van der Waals surface area contributed by atoms with E-state index >= 15 is 0 Å². The van der Waals surface area contributed by atoms with Crippen LogP contribution in [0.25, 0.3) is 5.82 Å². The highest BCUT2D eigenvalue weighted by molar-refractivity contribution is 5.94. The smallest absolute Gasteiger partial charge is 0.254 e. The Bertz CT molecular complexity index is 897. The lowest BCUT2D eigenvalue weighted by Crippen LogP contribution is -2.50. The summed E-state index contributed by atoms with van der Waals surface area (Å²) in [4.78, 5) is 23.0. The molecule has 0 N–H and O–H groups in total. The molecule has 1 amide bonds. The van der Waals surface area contributed by atoms with Crippen LogP contribution in [0.1, 0.15) is 22.8 Å². The quantitative estimate of drug-likeness (QED) is 0.724. The van der Waals surface area contributed by atoms with Crippen LogP contribution in [0.4, 0.5) is 0 Å². The van der Waals surface area contributed by atoms with Gasteiger partial charge in [0.2, 0.25) is 0 Å². The van der Waals surface area contributed by atoms with E-state index in [1.165, 1.54) is 11.0 Å². The van der Waals surface area contributed by atoms with Crippen molar-refractivity contribution in [3.63, 3.8) is 0 Å². The summed E-state index contributed by atoms with van der Waals surface area (Å²) < 4.78 is 7.55. The molecule has 0 bridgehead atoms. The first-order chi connectivity index (χ1) is 12.7. The van der Waals surface area contributed by atoms with E-state index in [0.717, 1.165) is 5.56 Å². The predicted octanol–water partition coefficient (Wildman–Crippen LogP) is 2.05. The molecule has 7 nitrogen and oxygen atoms in total. The van der Waals surface area contributed by atoms with Gasteiger partial charge in [0.05, 0.1) is 13.2 Å². The number of carbonyl (C=O) groups is 1. The molecule has 3 aromatic rings. The zero-order chi connectivity index (χ0) is 18.0. The average molecular weight is 349 g/mol. The topological polar surface area (TPSA) is 73.1 Å². The van der Waals surface area contributed by atoms with Crippen LogP contribution in [-0.4, -0.2) is 50.3 Å². The van der Waals surface area contributed by atoms with Crippen LogP contribution >= 0.6 is 0 Å². The maximum Gasteiger partial charge on any atom is 0.254 e. The number of ether oxygens (including phenoxy) is 1. The third kappa shape index (κ3) is 3.09. The molecular formula is C19H19N5O2. The number of morpholine rings is 1. The second-order valence-electron chi connectivity index (χ2n) is 6.41. The lowest BCUT2D eigenvalue weighted by molar-refractivity contribution is -0.0930.